The number of hydrogen-bond acceptors (Lipinski definition) is 9. The normalized spacial score (nSPS) is 13.2. The molecule has 36 heavy (non-hydrogen) atoms. The quantitative estimate of drug-likeness (QED) is 0.167. The van der Waals surface area contributed by atoms with E-state index in [-0.39, 0.29) is 23.8 Å². The van der Waals surface area contributed by atoms with Crippen LogP contribution in [0.25, 0.3) is 21.6 Å². The number of methoxy groups -OCH3 is 1. The van der Waals surface area contributed by atoms with E-state index in [1.807, 2.05) is 37.4 Å². The molecule has 0 amide bonds. The van der Waals surface area contributed by atoms with Crippen molar-refractivity contribution < 1.29 is 18.9 Å². The Hall–Kier alpha value is -2.63. The lowest BCUT2D eigenvalue weighted by atomic mass is 10.0. The molecule has 192 valence electrons. The number of nitrogens with zero attached hydrogens (tertiary/aromatic N) is 3. The van der Waals surface area contributed by atoms with Crippen LogP contribution in [0.5, 0.6) is 5.75 Å². The van der Waals surface area contributed by atoms with E-state index in [1.165, 1.54) is 11.3 Å². The molecule has 2 atom stereocenters. The molecule has 0 aliphatic heterocycles. The summed E-state index contributed by atoms with van der Waals surface area (Å²) < 4.78 is 24.6. The molecule has 8 nitrogen and oxygen atoms in total. The van der Waals surface area contributed by atoms with Gasteiger partial charge in [-0.1, -0.05) is 31.3 Å². The van der Waals surface area contributed by atoms with Crippen molar-refractivity contribution in [1.82, 2.24) is 14.5 Å². The Labute approximate surface area is 218 Å². The van der Waals surface area contributed by atoms with E-state index in [0.29, 0.717) is 25.6 Å². The van der Waals surface area contributed by atoms with E-state index in [9.17, 15) is 4.79 Å². The number of thiazole rings is 2. The molecule has 0 radical (unpaired) electrons. The third-order valence-electron chi connectivity index (χ3n) is 5.68. The molecule has 1 aromatic carbocycles. The number of aromatic nitrogens is 3. The molecule has 0 aliphatic carbocycles. The first-order valence-electron chi connectivity index (χ1n) is 11.9. The SMILES string of the molecule is CCOC(CC)OCCOc1ccc(-c2csc(C(C)c3ccc4c(c3)sc(=O)n4COC)n2)nc1. The van der Waals surface area contributed by atoms with Crippen LogP contribution in [0, 0.1) is 0 Å². The van der Waals surface area contributed by atoms with Gasteiger partial charge in [-0.15, -0.1) is 11.3 Å². The lowest BCUT2D eigenvalue weighted by molar-refractivity contribution is -0.144. The smallest absolute Gasteiger partial charge is 0.310 e. The van der Waals surface area contributed by atoms with Crippen molar-refractivity contribution in [3.63, 3.8) is 0 Å². The Balaban J connectivity index is 1.38. The van der Waals surface area contributed by atoms with E-state index in [0.717, 1.165) is 38.6 Å². The summed E-state index contributed by atoms with van der Waals surface area (Å²) in [4.78, 5) is 21.6. The van der Waals surface area contributed by atoms with Gasteiger partial charge in [0.05, 0.1) is 34.4 Å². The van der Waals surface area contributed by atoms with E-state index in [4.69, 9.17) is 23.9 Å². The van der Waals surface area contributed by atoms with Crippen LogP contribution in [-0.4, -0.2) is 47.8 Å². The van der Waals surface area contributed by atoms with Gasteiger partial charge in [0.2, 0.25) is 0 Å². The van der Waals surface area contributed by atoms with Gasteiger partial charge in [-0.05, 0) is 43.2 Å². The summed E-state index contributed by atoms with van der Waals surface area (Å²) in [6.45, 7) is 7.86. The van der Waals surface area contributed by atoms with Crippen LogP contribution in [0.15, 0.2) is 46.7 Å². The fourth-order valence-corrected chi connectivity index (χ4v) is 5.60. The van der Waals surface area contributed by atoms with E-state index < -0.39 is 0 Å². The molecular weight excluding hydrogens is 498 g/mol. The molecule has 3 heterocycles. The standard InChI is InChI=1S/C26H31N3O5S2/c1-5-24(32-6-2)34-12-11-33-19-8-9-20(27-14-19)21-15-35-25(28-21)17(3)18-7-10-22-23(13-18)36-26(30)29(22)16-31-4/h7-10,13-15,17,24H,5-6,11-12,16H2,1-4H3. The summed E-state index contributed by atoms with van der Waals surface area (Å²) in [5.74, 6) is 0.774. The van der Waals surface area contributed by atoms with Crippen LogP contribution in [-0.2, 0) is 20.9 Å². The molecule has 0 saturated heterocycles. The van der Waals surface area contributed by atoms with Crippen LogP contribution in [0.4, 0.5) is 0 Å². The lowest BCUT2D eigenvalue weighted by Crippen LogP contribution is -2.19. The largest absolute Gasteiger partial charge is 0.490 e. The molecule has 4 rings (SSSR count). The molecule has 0 N–H and O–H groups in total. The van der Waals surface area contributed by atoms with Crippen LogP contribution in [0.2, 0.25) is 0 Å². The maximum absolute atomic E-state index is 12.3. The Morgan fingerprint density at radius 3 is 2.67 bits per heavy atom. The van der Waals surface area contributed by atoms with E-state index in [1.54, 1.807) is 29.2 Å². The zero-order valence-electron chi connectivity index (χ0n) is 20.9. The lowest BCUT2D eigenvalue weighted by Gasteiger charge is -2.15. The van der Waals surface area contributed by atoms with Crippen molar-refractivity contribution in [2.75, 3.05) is 26.9 Å². The zero-order chi connectivity index (χ0) is 25.5. The highest BCUT2D eigenvalue weighted by atomic mass is 32.1. The number of rotatable bonds is 13. The maximum atomic E-state index is 12.3. The van der Waals surface area contributed by atoms with Crippen molar-refractivity contribution in [3.05, 3.63) is 62.1 Å². The third-order valence-corrected chi connectivity index (χ3v) is 7.65. The third kappa shape index (κ3) is 6.19. The molecule has 0 bridgehead atoms. The molecule has 0 aliphatic rings. The number of fused-ring (bicyclic) bond motifs is 1. The minimum Gasteiger partial charge on any atom is -0.490 e. The second kappa shape index (κ2) is 12.6. The highest BCUT2D eigenvalue weighted by Crippen LogP contribution is 2.32. The van der Waals surface area contributed by atoms with Crippen LogP contribution >= 0.6 is 22.7 Å². The van der Waals surface area contributed by atoms with Gasteiger partial charge in [0, 0.05) is 25.0 Å². The van der Waals surface area contributed by atoms with Crippen molar-refractivity contribution in [3.8, 4) is 17.1 Å². The van der Waals surface area contributed by atoms with Crippen molar-refractivity contribution in [1.29, 1.82) is 0 Å². The van der Waals surface area contributed by atoms with Gasteiger partial charge in [0.25, 0.3) is 0 Å². The molecule has 0 fully saturated rings. The van der Waals surface area contributed by atoms with Gasteiger partial charge in [-0.25, -0.2) is 4.98 Å². The summed E-state index contributed by atoms with van der Waals surface area (Å²) in [6.07, 6.45) is 2.32. The predicted octanol–water partition coefficient (Wildman–Crippen LogP) is 5.51. The summed E-state index contributed by atoms with van der Waals surface area (Å²) >= 11 is 2.84. The maximum Gasteiger partial charge on any atom is 0.310 e. The number of pyridine rings is 1. The van der Waals surface area contributed by atoms with E-state index >= 15 is 0 Å². The van der Waals surface area contributed by atoms with Crippen LogP contribution in [0.1, 0.15) is 43.7 Å². The van der Waals surface area contributed by atoms with Gasteiger partial charge < -0.3 is 18.9 Å². The zero-order valence-corrected chi connectivity index (χ0v) is 22.6. The van der Waals surface area contributed by atoms with Crippen molar-refractivity contribution >= 4 is 32.9 Å². The molecule has 3 aromatic heterocycles. The first-order chi connectivity index (χ1) is 17.5. The fourth-order valence-electron chi connectivity index (χ4n) is 3.78. The number of ether oxygens (including phenoxy) is 4. The molecule has 0 spiro atoms. The predicted molar refractivity (Wildman–Crippen MR) is 143 cm³/mol. The van der Waals surface area contributed by atoms with Gasteiger partial charge >= 0.3 is 4.87 Å². The van der Waals surface area contributed by atoms with E-state index in [2.05, 4.69) is 24.0 Å². The average Bonchev–Trinajstić information content (AvgIpc) is 3.50. The first kappa shape index (κ1) is 26.4. The summed E-state index contributed by atoms with van der Waals surface area (Å²) in [5.41, 5.74) is 3.63. The number of benzene rings is 1. The number of hydrogen-bond donors (Lipinski definition) is 0. The highest BCUT2D eigenvalue weighted by molar-refractivity contribution is 7.16. The van der Waals surface area contributed by atoms with Crippen molar-refractivity contribution in [2.24, 2.45) is 0 Å². The molecular formula is C26H31N3O5S2. The first-order valence-corrected chi connectivity index (χ1v) is 13.6. The Morgan fingerprint density at radius 2 is 1.94 bits per heavy atom. The topological polar surface area (TPSA) is 84.7 Å². The summed E-state index contributed by atoms with van der Waals surface area (Å²) in [6, 6.07) is 9.92. The molecule has 2 unspecified atom stereocenters. The Bertz CT molecular complexity index is 1320. The van der Waals surface area contributed by atoms with Gasteiger partial charge in [0.1, 0.15) is 24.1 Å². The monoisotopic (exact) mass is 529 g/mol. The Morgan fingerprint density at radius 1 is 1.08 bits per heavy atom. The minimum atomic E-state index is -0.191. The van der Waals surface area contributed by atoms with Crippen molar-refractivity contribution in [2.45, 2.75) is 46.1 Å². The average molecular weight is 530 g/mol. The van der Waals surface area contributed by atoms with Crippen LogP contribution in [0.3, 0.4) is 0 Å². The summed E-state index contributed by atoms with van der Waals surface area (Å²) in [5, 5.41) is 3.01. The van der Waals surface area contributed by atoms with Gasteiger partial charge in [-0.3, -0.25) is 14.3 Å². The highest BCUT2D eigenvalue weighted by Gasteiger charge is 2.16. The molecule has 10 heteroatoms. The minimum absolute atomic E-state index is 0.0186. The summed E-state index contributed by atoms with van der Waals surface area (Å²) in [7, 11) is 1.59. The van der Waals surface area contributed by atoms with Crippen LogP contribution < -0.4 is 9.61 Å². The fraction of sp³-hybridized carbons (Fsp3) is 0.423. The molecule has 4 aromatic rings. The van der Waals surface area contributed by atoms with Gasteiger partial charge in [0.15, 0.2) is 6.29 Å². The second-order valence-corrected chi connectivity index (χ2v) is 10.0. The van der Waals surface area contributed by atoms with Gasteiger partial charge in [-0.2, -0.15) is 0 Å². The second-order valence-electron chi connectivity index (χ2n) is 8.13. The molecule has 0 saturated carbocycles. The Kier molecular flexibility index (Phi) is 9.22.